The number of anilines is 1. The molecule has 2 saturated heterocycles. The molecule has 23 heavy (non-hydrogen) atoms. The summed E-state index contributed by atoms with van der Waals surface area (Å²) < 4.78 is 0. The molecule has 4 heteroatoms. The van der Waals surface area contributed by atoms with E-state index >= 15 is 0 Å². The molecule has 2 aliphatic heterocycles. The molecule has 1 aromatic rings. The van der Waals surface area contributed by atoms with E-state index in [-0.39, 0.29) is 0 Å². The Bertz CT molecular complexity index is 569. The highest BCUT2D eigenvalue weighted by molar-refractivity contribution is 5.45. The molecule has 2 aliphatic rings. The number of pyridine rings is 1. The van der Waals surface area contributed by atoms with E-state index in [0.717, 1.165) is 36.3 Å². The van der Waals surface area contributed by atoms with Gasteiger partial charge < -0.3 is 9.80 Å². The van der Waals surface area contributed by atoms with E-state index in [0.29, 0.717) is 5.69 Å². The van der Waals surface area contributed by atoms with E-state index in [1.54, 1.807) is 0 Å². The maximum absolute atomic E-state index is 9.19. The van der Waals surface area contributed by atoms with Gasteiger partial charge in [-0.25, -0.2) is 4.98 Å². The van der Waals surface area contributed by atoms with Crippen LogP contribution in [0.5, 0.6) is 0 Å². The molecular formula is C19H28N4. The van der Waals surface area contributed by atoms with Gasteiger partial charge in [0.05, 0.1) is 0 Å². The summed E-state index contributed by atoms with van der Waals surface area (Å²) >= 11 is 0. The van der Waals surface area contributed by atoms with Crippen molar-refractivity contribution in [2.75, 3.05) is 37.6 Å². The molecule has 0 radical (unpaired) electrons. The van der Waals surface area contributed by atoms with Gasteiger partial charge in [0.1, 0.15) is 17.6 Å². The second kappa shape index (κ2) is 7.31. The summed E-state index contributed by atoms with van der Waals surface area (Å²) in [7, 11) is 0. The van der Waals surface area contributed by atoms with Crippen LogP contribution in [0.3, 0.4) is 0 Å². The fourth-order valence-electron chi connectivity index (χ4n) is 3.84. The Kier molecular flexibility index (Phi) is 5.17. The topological polar surface area (TPSA) is 43.2 Å². The molecule has 4 nitrogen and oxygen atoms in total. The average Bonchev–Trinajstić information content (AvgIpc) is 2.58. The number of nitriles is 1. The van der Waals surface area contributed by atoms with Gasteiger partial charge in [0.15, 0.2) is 0 Å². The standard InChI is InChI=1S/C19H28N4/c1-15-7-10-22(11-8-15)13-17-4-3-9-23(14-17)19-6-5-16(2)18(12-20)21-19/h5-6,15,17H,3-4,7-11,13-14H2,1-2H3. The zero-order chi connectivity index (χ0) is 16.2. The van der Waals surface area contributed by atoms with Crippen molar-refractivity contribution in [2.45, 2.75) is 39.5 Å². The van der Waals surface area contributed by atoms with Crippen molar-refractivity contribution in [1.82, 2.24) is 9.88 Å². The van der Waals surface area contributed by atoms with Crippen LogP contribution in [-0.4, -0.2) is 42.6 Å². The number of hydrogen-bond donors (Lipinski definition) is 0. The highest BCUT2D eigenvalue weighted by Gasteiger charge is 2.25. The molecule has 0 spiro atoms. The van der Waals surface area contributed by atoms with Gasteiger partial charge in [0, 0.05) is 19.6 Å². The van der Waals surface area contributed by atoms with E-state index in [1.807, 2.05) is 13.0 Å². The molecule has 3 heterocycles. The first kappa shape index (κ1) is 16.3. The molecule has 1 unspecified atom stereocenters. The summed E-state index contributed by atoms with van der Waals surface area (Å²) in [5.41, 5.74) is 1.53. The molecule has 124 valence electrons. The molecule has 1 aromatic heterocycles. The Morgan fingerprint density at radius 2 is 2.00 bits per heavy atom. The van der Waals surface area contributed by atoms with Gasteiger partial charge in [-0.3, -0.25) is 0 Å². The monoisotopic (exact) mass is 312 g/mol. The zero-order valence-corrected chi connectivity index (χ0v) is 14.5. The highest BCUT2D eigenvalue weighted by Crippen LogP contribution is 2.25. The van der Waals surface area contributed by atoms with Crippen LogP contribution >= 0.6 is 0 Å². The van der Waals surface area contributed by atoms with Crippen LogP contribution in [0.25, 0.3) is 0 Å². The number of aryl methyl sites for hydroxylation is 1. The van der Waals surface area contributed by atoms with Crippen LogP contribution in [-0.2, 0) is 0 Å². The van der Waals surface area contributed by atoms with Crippen molar-refractivity contribution in [3.63, 3.8) is 0 Å². The minimum Gasteiger partial charge on any atom is -0.356 e. The first-order chi connectivity index (χ1) is 11.2. The first-order valence-corrected chi connectivity index (χ1v) is 9.00. The quantitative estimate of drug-likeness (QED) is 0.859. The normalized spacial score (nSPS) is 23.7. The lowest BCUT2D eigenvalue weighted by atomic mass is 9.94. The summed E-state index contributed by atoms with van der Waals surface area (Å²) in [6.07, 6.45) is 5.24. The van der Waals surface area contributed by atoms with Crippen LogP contribution in [0.2, 0.25) is 0 Å². The maximum Gasteiger partial charge on any atom is 0.145 e. The van der Waals surface area contributed by atoms with Gasteiger partial charge in [-0.2, -0.15) is 5.26 Å². The Morgan fingerprint density at radius 1 is 1.22 bits per heavy atom. The second-order valence-electron chi connectivity index (χ2n) is 7.38. The number of likely N-dealkylation sites (tertiary alicyclic amines) is 1. The second-order valence-corrected chi connectivity index (χ2v) is 7.38. The smallest absolute Gasteiger partial charge is 0.145 e. The third-order valence-electron chi connectivity index (χ3n) is 5.42. The Labute approximate surface area is 140 Å². The van der Waals surface area contributed by atoms with Crippen LogP contribution in [0.1, 0.15) is 43.9 Å². The summed E-state index contributed by atoms with van der Waals surface area (Å²) in [6.45, 7) is 10.2. The fourth-order valence-corrected chi connectivity index (χ4v) is 3.84. The van der Waals surface area contributed by atoms with Crippen molar-refractivity contribution in [1.29, 1.82) is 5.26 Å². The van der Waals surface area contributed by atoms with Gasteiger partial charge in [0.25, 0.3) is 0 Å². The predicted molar refractivity (Wildman–Crippen MR) is 93.5 cm³/mol. The molecule has 1 atom stereocenters. The number of piperidine rings is 2. The number of aromatic nitrogens is 1. The van der Waals surface area contributed by atoms with Gasteiger partial charge in [-0.1, -0.05) is 13.0 Å². The molecule has 0 N–H and O–H groups in total. The first-order valence-electron chi connectivity index (χ1n) is 9.00. The molecule has 0 bridgehead atoms. The molecule has 0 saturated carbocycles. The van der Waals surface area contributed by atoms with Crippen LogP contribution in [0.15, 0.2) is 12.1 Å². The summed E-state index contributed by atoms with van der Waals surface area (Å²) in [5, 5.41) is 9.19. The summed E-state index contributed by atoms with van der Waals surface area (Å²) in [5.74, 6) is 2.60. The SMILES string of the molecule is Cc1ccc(N2CCCC(CN3CCC(C)CC3)C2)nc1C#N. The van der Waals surface area contributed by atoms with Crippen LogP contribution < -0.4 is 4.90 Å². The van der Waals surface area contributed by atoms with E-state index in [2.05, 4.69) is 33.8 Å². The van der Waals surface area contributed by atoms with Crippen molar-refractivity contribution in [3.05, 3.63) is 23.4 Å². The van der Waals surface area contributed by atoms with Crippen molar-refractivity contribution >= 4 is 5.82 Å². The molecule has 0 aromatic carbocycles. The Morgan fingerprint density at radius 3 is 2.74 bits per heavy atom. The van der Waals surface area contributed by atoms with E-state index in [4.69, 9.17) is 0 Å². The lowest BCUT2D eigenvalue weighted by molar-refractivity contribution is 0.159. The third-order valence-corrected chi connectivity index (χ3v) is 5.42. The lowest BCUT2D eigenvalue weighted by Gasteiger charge is -2.38. The third kappa shape index (κ3) is 4.03. The largest absolute Gasteiger partial charge is 0.356 e. The van der Waals surface area contributed by atoms with E-state index in [9.17, 15) is 5.26 Å². The molecule has 2 fully saturated rings. The van der Waals surface area contributed by atoms with Gasteiger partial charge >= 0.3 is 0 Å². The summed E-state index contributed by atoms with van der Waals surface area (Å²) in [4.78, 5) is 9.58. The van der Waals surface area contributed by atoms with E-state index < -0.39 is 0 Å². The number of nitrogens with zero attached hydrogens (tertiary/aromatic N) is 4. The molecular weight excluding hydrogens is 284 g/mol. The van der Waals surface area contributed by atoms with Gasteiger partial charge in [-0.05, 0) is 69.2 Å². The fraction of sp³-hybridized carbons (Fsp3) is 0.684. The van der Waals surface area contributed by atoms with E-state index in [1.165, 1.54) is 45.3 Å². The van der Waals surface area contributed by atoms with Crippen molar-refractivity contribution in [3.8, 4) is 6.07 Å². The molecule has 0 amide bonds. The van der Waals surface area contributed by atoms with Crippen molar-refractivity contribution in [2.24, 2.45) is 11.8 Å². The Hall–Kier alpha value is -1.60. The van der Waals surface area contributed by atoms with Crippen LogP contribution in [0, 0.1) is 30.1 Å². The predicted octanol–water partition coefficient (Wildman–Crippen LogP) is 3.21. The number of hydrogen-bond acceptors (Lipinski definition) is 4. The van der Waals surface area contributed by atoms with Gasteiger partial charge in [-0.15, -0.1) is 0 Å². The average molecular weight is 312 g/mol. The van der Waals surface area contributed by atoms with Gasteiger partial charge in [0.2, 0.25) is 0 Å². The maximum atomic E-state index is 9.19. The minimum atomic E-state index is 0.564. The Balaban J connectivity index is 1.61. The van der Waals surface area contributed by atoms with Crippen LogP contribution in [0.4, 0.5) is 5.82 Å². The lowest BCUT2D eigenvalue weighted by Crippen LogP contribution is -2.43. The minimum absolute atomic E-state index is 0.564. The molecule has 3 rings (SSSR count). The summed E-state index contributed by atoms with van der Waals surface area (Å²) in [6, 6.07) is 6.30. The van der Waals surface area contributed by atoms with Crippen molar-refractivity contribution < 1.29 is 0 Å². The molecule has 0 aliphatic carbocycles. The zero-order valence-electron chi connectivity index (χ0n) is 14.5. The number of rotatable bonds is 3. The highest BCUT2D eigenvalue weighted by atomic mass is 15.2.